The smallest absolute Gasteiger partial charge is 0.253 e. The first-order chi connectivity index (χ1) is 12.0. The molecule has 2 aromatic carbocycles. The number of amides is 2. The van der Waals surface area contributed by atoms with Crippen LogP contribution in [0.1, 0.15) is 28.8 Å². The Balaban J connectivity index is 1.67. The van der Waals surface area contributed by atoms with Gasteiger partial charge in [0.1, 0.15) is 5.82 Å². The van der Waals surface area contributed by atoms with E-state index in [4.69, 9.17) is 0 Å². The number of nitrogens with zero attached hydrogens (tertiary/aromatic N) is 1. The van der Waals surface area contributed by atoms with Crippen LogP contribution in [0.15, 0.2) is 48.5 Å². The Morgan fingerprint density at radius 3 is 2.72 bits per heavy atom. The molecule has 1 fully saturated rings. The second-order valence-corrected chi connectivity index (χ2v) is 6.43. The number of likely N-dealkylation sites (tertiary alicyclic amines) is 1. The third-order valence-corrected chi connectivity index (χ3v) is 4.48. The Kier molecular flexibility index (Phi) is 5.12. The van der Waals surface area contributed by atoms with Gasteiger partial charge in [0, 0.05) is 18.7 Å². The molecule has 0 radical (unpaired) electrons. The summed E-state index contributed by atoms with van der Waals surface area (Å²) in [5, 5.41) is 2.64. The molecule has 5 heteroatoms. The average Bonchev–Trinajstić information content (AvgIpc) is 2.63. The number of hydrogen-bond acceptors (Lipinski definition) is 2. The molecule has 3 rings (SSSR count). The number of piperidine rings is 1. The minimum atomic E-state index is -0.459. The number of halogens is 1. The second-order valence-electron chi connectivity index (χ2n) is 6.43. The van der Waals surface area contributed by atoms with Crippen LogP contribution in [-0.4, -0.2) is 29.8 Å². The molecule has 0 aliphatic carbocycles. The van der Waals surface area contributed by atoms with Crippen molar-refractivity contribution < 1.29 is 14.0 Å². The van der Waals surface area contributed by atoms with Gasteiger partial charge in [-0.25, -0.2) is 4.39 Å². The second kappa shape index (κ2) is 7.47. The van der Waals surface area contributed by atoms with Crippen molar-refractivity contribution in [3.63, 3.8) is 0 Å². The first-order valence-corrected chi connectivity index (χ1v) is 8.46. The number of hydrogen-bond donors (Lipinski definition) is 1. The Morgan fingerprint density at radius 1 is 1.16 bits per heavy atom. The Hall–Kier alpha value is -2.69. The molecule has 0 spiro atoms. The highest BCUT2D eigenvalue weighted by Gasteiger charge is 2.29. The van der Waals surface area contributed by atoms with Gasteiger partial charge in [-0.05, 0) is 44.0 Å². The number of para-hydroxylation sites is 1. The lowest BCUT2D eigenvalue weighted by Gasteiger charge is -2.32. The molecule has 1 heterocycles. The van der Waals surface area contributed by atoms with Crippen LogP contribution >= 0.6 is 0 Å². The van der Waals surface area contributed by atoms with Crippen molar-refractivity contribution in [3.05, 3.63) is 65.5 Å². The van der Waals surface area contributed by atoms with E-state index in [0.717, 1.165) is 12.0 Å². The normalized spacial score (nSPS) is 17.2. The zero-order valence-electron chi connectivity index (χ0n) is 14.2. The lowest BCUT2D eigenvalue weighted by Crippen LogP contribution is -2.43. The number of nitrogens with one attached hydrogen (secondary N) is 1. The summed E-state index contributed by atoms with van der Waals surface area (Å²) in [5.74, 6) is -1.10. The highest BCUT2D eigenvalue weighted by molar-refractivity contribution is 5.96. The molecule has 4 nitrogen and oxygen atoms in total. The van der Waals surface area contributed by atoms with Crippen molar-refractivity contribution in [1.29, 1.82) is 0 Å². The molecular formula is C20H21FN2O2. The van der Waals surface area contributed by atoms with Gasteiger partial charge < -0.3 is 10.2 Å². The predicted molar refractivity (Wildman–Crippen MR) is 94.8 cm³/mol. The SMILES string of the molecule is Cc1cccc(C(=O)N2CCCC(C(=O)Nc3ccccc3F)C2)c1. The summed E-state index contributed by atoms with van der Waals surface area (Å²) in [7, 11) is 0. The van der Waals surface area contributed by atoms with Crippen molar-refractivity contribution in [2.24, 2.45) is 5.92 Å². The molecule has 0 bridgehead atoms. The van der Waals surface area contributed by atoms with Gasteiger partial charge in [-0.3, -0.25) is 9.59 Å². The van der Waals surface area contributed by atoms with Crippen LogP contribution in [0.25, 0.3) is 0 Å². The molecule has 1 saturated heterocycles. The largest absolute Gasteiger partial charge is 0.338 e. The molecular weight excluding hydrogens is 319 g/mol. The molecule has 0 saturated carbocycles. The highest BCUT2D eigenvalue weighted by atomic mass is 19.1. The summed E-state index contributed by atoms with van der Waals surface area (Å²) in [5.41, 5.74) is 1.83. The van der Waals surface area contributed by atoms with E-state index in [-0.39, 0.29) is 23.4 Å². The molecule has 1 atom stereocenters. The molecule has 25 heavy (non-hydrogen) atoms. The van der Waals surface area contributed by atoms with E-state index in [0.29, 0.717) is 25.1 Å². The van der Waals surface area contributed by atoms with E-state index < -0.39 is 5.82 Å². The fourth-order valence-electron chi connectivity index (χ4n) is 3.13. The van der Waals surface area contributed by atoms with E-state index in [1.165, 1.54) is 12.1 Å². The van der Waals surface area contributed by atoms with Gasteiger partial charge in [0.2, 0.25) is 5.91 Å². The molecule has 0 aromatic heterocycles. The number of benzene rings is 2. The molecule has 130 valence electrons. The van der Waals surface area contributed by atoms with Gasteiger partial charge in [-0.15, -0.1) is 0 Å². The maximum atomic E-state index is 13.7. The lowest BCUT2D eigenvalue weighted by atomic mass is 9.96. The van der Waals surface area contributed by atoms with E-state index in [1.807, 2.05) is 25.1 Å². The van der Waals surface area contributed by atoms with Gasteiger partial charge in [0.25, 0.3) is 5.91 Å². The van der Waals surface area contributed by atoms with Gasteiger partial charge in [-0.1, -0.05) is 29.8 Å². The summed E-state index contributed by atoms with van der Waals surface area (Å²) in [6, 6.07) is 13.5. The van der Waals surface area contributed by atoms with Crippen LogP contribution in [-0.2, 0) is 4.79 Å². The number of anilines is 1. The van der Waals surface area contributed by atoms with Gasteiger partial charge in [0.05, 0.1) is 11.6 Å². The maximum absolute atomic E-state index is 13.7. The monoisotopic (exact) mass is 340 g/mol. The van der Waals surface area contributed by atoms with Crippen molar-refractivity contribution >= 4 is 17.5 Å². The van der Waals surface area contributed by atoms with Crippen molar-refractivity contribution in [1.82, 2.24) is 4.90 Å². The average molecular weight is 340 g/mol. The van der Waals surface area contributed by atoms with E-state index >= 15 is 0 Å². The third kappa shape index (κ3) is 4.05. The van der Waals surface area contributed by atoms with E-state index in [2.05, 4.69) is 5.32 Å². The number of carbonyl (C=O) groups is 2. The topological polar surface area (TPSA) is 49.4 Å². The summed E-state index contributed by atoms with van der Waals surface area (Å²) in [6.07, 6.45) is 1.45. The summed E-state index contributed by atoms with van der Waals surface area (Å²) in [4.78, 5) is 26.8. The zero-order valence-corrected chi connectivity index (χ0v) is 14.2. The molecule has 1 aliphatic heterocycles. The van der Waals surface area contributed by atoms with E-state index in [1.54, 1.807) is 23.1 Å². The van der Waals surface area contributed by atoms with Gasteiger partial charge in [-0.2, -0.15) is 0 Å². The molecule has 2 amide bonds. The van der Waals surface area contributed by atoms with Crippen LogP contribution in [0, 0.1) is 18.7 Å². The van der Waals surface area contributed by atoms with Crippen LogP contribution in [0.5, 0.6) is 0 Å². The Labute approximate surface area is 146 Å². The summed E-state index contributed by atoms with van der Waals surface area (Å²) >= 11 is 0. The predicted octanol–water partition coefficient (Wildman–Crippen LogP) is 3.63. The fraction of sp³-hybridized carbons (Fsp3) is 0.300. The minimum Gasteiger partial charge on any atom is -0.338 e. The van der Waals surface area contributed by atoms with Gasteiger partial charge >= 0.3 is 0 Å². The van der Waals surface area contributed by atoms with Crippen molar-refractivity contribution in [3.8, 4) is 0 Å². The fourth-order valence-corrected chi connectivity index (χ4v) is 3.13. The Bertz CT molecular complexity index is 791. The first-order valence-electron chi connectivity index (χ1n) is 8.46. The number of carbonyl (C=O) groups excluding carboxylic acids is 2. The summed E-state index contributed by atoms with van der Waals surface area (Å²) in [6.45, 7) is 2.93. The van der Waals surface area contributed by atoms with Crippen molar-refractivity contribution in [2.45, 2.75) is 19.8 Å². The lowest BCUT2D eigenvalue weighted by molar-refractivity contribution is -0.121. The zero-order chi connectivity index (χ0) is 17.8. The quantitative estimate of drug-likeness (QED) is 0.928. The molecule has 1 N–H and O–H groups in total. The third-order valence-electron chi connectivity index (χ3n) is 4.48. The van der Waals surface area contributed by atoms with Crippen molar-refractivity contribution in [2.75, 3.05) is 18.4 Å². The van der Waals surface area contributed by atoms with Crippen LogP contribution in [0.3, 0.4) is 0 Å². The van der Waals surface area contributed by atoms with E-state index in [9.17, 15) is 14.0 Å². The highest BCUT2D eigenvalue weighted by Crippen LogP contribution is 2.21. The molecule has 1 unspecified atom stereocenters. The van der Waals surface area contributed by atoms with Crippen LogP contribution in [0.4, 0.5) is 10.1 Å². The summed E-state index contributed by atoms with van der Waals surface area (Å²) < 4.78 is 13.7. The first kappa shape index (κ1) is 17.1. The molecule has 1 aliphatic rings. The van der Waals surface area contributed by atoms with Crippen LogP contribution in [0.2, 0.25) is 0 Å². The standard InChI is InChI=1S/C20H21FN2O2/c1-14-6-4-7-15(12-14)20(25)23-11-5-8-16(13-23)19(24)22-18-10-3-2-9-17(18)21/h2-4,6-7,9-10,12,16H,5,8,11,13H2,1H3,(H,22,24). The number of aryl methyl sites for hydroxylation is 1. The maximum Gasteiger partial charge on any atom is 0.253 e. The minimum absolute atomic E-state index is 0.0629. The number of rotatable bonds is 3. The van der Waals surface area contributed by atoms with Gasteiger partial charge in [0.15, 0.2) is 0 Å². The van der Waals surface area contributed by atoms with Crippen LogP contribution < -0.4 is 5.32 Å². The molecule has 2 aromatic rings. The Morgan fingerprint density at radius 2 is 1.96 bits per heavy atom.